The topological polar surface area (TPSA) is 37.3 Å². The molecule has 0 aromatic carbocycles. The molecule has 1 radical (unpaired) electrons. The van der Waals surface area contributed by atoms with Crippen molar-refractivity contribution in [2.24, 2.45) is 0 Å². The molecule has 41 valence electrons. The third-order valence-electron chi connectivity index (χ3n) is 0.760. The van der Waals surface area contributed by atoms with Gasteiger partial charge in [-0.3, -0.25) is 0 Å². The number of rotatable bonds is 2. The Hall–Kier alpha value is -0.370. The molecule has 0 spiro atoms. The zero-order chi connectivity index (χ0) is 5.91. The van der Waals surface area contributed by atoms with Crippen LogP contribution in [0.25, 0.3) is 0 Å². The largest absolute Gasteiger partial charge is 0.383 e. The second-order valence-corrected chi connectivity index (χ2v) is 1.73. The monoisotopic (exact) mass is 101 g/mol. The summed E-state index contributed by atoms with van der Waals surface area (Å²) in [5, 5.41) is 8.70. The molecule has 0 aromatic rings. The van der Waals surface area contributed by atoms with E-state index in [-0.39, 0.29) is 6.42 Å². The van der Waals surface area contributed by atoms with E-state index in [0.29, 0.717) is 6.29 Å². The summed E-state index contributed by atoms with van der Waals surface area (Å²) in [5.74, 6) is 0. The summed E-state index contributed by atoms with van der Waals surface area (Å²) in [6.07, 6.45) is 0.719. The Morgan fingerprint density at radius 1 is 2.00 bits per heavy atom. The summed E-state index contributed by atoms with van der Waals surface area (Å²) >= 11 is 0. The van der Waals surface area contributed by atoms with Gasteiger partial charge in [-0.05, 0) is 13.3 Å². The van der Waals surface area contributed by atoms with Crippen molar-refractivity contribution in [3.63, 3.8) is 0 Å². The van der Waals surface area contributed by atoms with Gasteiger partial charge in [0.2, 0.25) is 0 Å². The van der Waals surface area contributed by atoms with E-state index in [9.17, 15) is 4.79 Å². The lowest BCUT2D eigenvalue weighted by Crippen LogP contribution is -2.23. The van der Waals surface area contributed by atoms with E-state index in [2.05, 4.69) is 6.92 Å². The fourth-order valence-corrected chi connectivity index (χ4v) is 0.0589. The SMILES string of the molecule is [CH2]CC(C)(O)C=O. The van der Waals surface area contributed by atoms with Crippen LogP contribution in [0.5, 0.6) is 0 Å². The summed E-state index contributed by atoms with van der Waals surface area (Å²) in [6, 6.07) is 0. The lowest BCUT2D eigenvalue weighted by Gasteiger charge is -2.09. The third-order valence-corrected chi connectivity index (χ3v) is 0.760. The summed E-state index contributed by atoms with van der Waals surface area (Å²) in [5.41, 5.74) is -1.21. The zero-order valence-corrected chi connectivity index (χ0v) is 4.35. The molecule has 7 heavy (non-hydrogen) atoms. The third kappa shape index (κ3) is 2.34. The van der Waals surface area contributed by atoms with Crippen molar-refractivity contribution < 1.29 is 9.90 Å². The van der Waals surface area contributed by atoms with Crippen LogP contribution in [-0.4, -0.2) is 17.0 Å². The molecule has 1 N–H and O–H groups in total. The molecule has 1 atom stereocenters. The van der Waals surface area contributed by atoms with Crippen LogP contribution in [0.1, 0.15) is 13.3 Å². The van der Waals surface area contributed by atoms with Crippen LogP contribution in [0.2, 0.25) is 0 Å². The first-order valence-electron chi connectivity index (χ1n) is 2.10. The second kappa shape index (κ2) is 2.07. The summed E-state index contributed by atoms with van der Waals surface area (Å²) in [7, 11) is 0. The van der Waals surface area contributed by atoms with Gasteiger partial charge < -0.3 is 9.90 Å². The molecule has 0 aliphatic rings. The minimum Gasteiger partial charge on any atom is -0.383 e. The Balaban J connectivity index is 3.58. The fourth-order valence-electron chi connectivity index (χ4n) is 0.0589. The first-order chi connectivity index (χ1) is 3.12. The van der Waals surface area contributed by atoms with Gasteiger partial charge in [-0.2, -0.15) is 0 Å². The fraction of sp³-hybridized carbons (Fsp3) is 0.600. The van der Waals surface area contributed by atoms with E-state index in [1.807, 2.05) is 0 Å². The minimum atomic E-state index is -1.21. The van der Waals surface area contributed by atoms with Crippen molar-refractivity contribution in [3.05, 3.63) is 6.92 Å². The first-order valence-corrected chi connectivity index (χ1v) is 2.10. The van der Waals surface area contributed by atoms with Crippen molar-refractivity contribution in [1.82, 2.24) is 0 Å². The van der Waals surface area contributed by atoms with Crippen LogP contribution >= 0.6 is 0 Å². The van der Waals surface area contributed by atoms with Crippen LogP contribution in [0.3, 0.4) is 0 Å². The van der Waals surface area contributed by atoms with Gasteiger partial charge >= 0.3 is 0 Å². The van der Waals surface area contributed by atoms with Gasteiger partial charge in [-0.15, -0.1) is 0 Å². The van der Waals surface area contributed by atoms with E-state index in [4.69, 9.17) is 5.11 Å². The lowest BCUT2D eigenvalue weighted by molar-refractivity contribution is -0.122. The van der Waals surface area contributed by atoms with E-state index in [1.165, 1.54) is 6.92 Å². The number of hydrogen-bond acceptors (Lipinski definition) is 2. The van der Waals surface area contributed by atoms with Crippen molar-refractivity contribution in [2.45, 2.75) is 18.9 Å². The average Bonchev–Trinajstić information content (AvgIpc) is 1.68. The maximum Gasteiger partial charge on any atom is 0.151 e. The smallest absolute Gasteiger partial charge is 0.151 e. The molecule has 2 nitrogen and oxygen atoms in total. The van der Waals surface area contributed by atoms with E-state index >= 15 is 0 Å². The number of aliphatic hydroxyl groups is 1. The molecule has 0 rings (SSSR count). The predicted octanol–water partition coefficient (Wildman–Crippen LogP) is 0.160. The van der Waals surface area contributed by atoms with Crippen LogP contribution in [-0.2, 0) is 4.79 Å². The Labute approximate surface area is 43.2 Å². The molecule has 0 aliphatic carbocycles. The molecule has 0 bridgehead atoms. The molecule has 0 aromatic heterocycles. The van der Waals surface area contributed by atoms with Crippen LogP contribution < -0.4 is 0 Å². The zero-order valence-electron chi connectivity index (χ0n) is 4.35. The van der Waals surface area contributed by atoms with Gasteiger partial charge in [0, 0.05) is 0 Å². The van der Waals surface area contributed by atoms with Gasteiger partial charge in [0.05, 0.1) is 0 Å². The highest BCUT2D eigenvalue weighted by Crippen LogP contribution is 2.01. The average molecular weight is 101 g/mol. The first kappa shape index (κ1) is 6.63. The van der Waals surface area contributed by atoms with Crippen molar-refractivity contribution in [3.8, 4) is 0 Å². The van der Waals surface area contributed by atoms with Crippen LogP contribution in [0, 0.1) is 6.92 Å². The Kier molecular flexibility index (Phi) is 1.96. The molecule has 2 heteroatoms. The van der Waals surface area contributed by atoms with E-state index in [1.54, 1.807) is 0 Å². The molecule has 0 amide bonds. The highest BCUT2D eigenvalue weighted by Gasteiger charge is 2.13. The predicted molar refractivity (Wildman–Crippen MR) is 26.7 cm³/mol. The Morgan fingerprint density at radius 2 is 2.43 bits per heavy atom. The van der Waals surface area contributed by atoms with Crippen molar-refractivity contribution >= 4 is 6.29 Å². The number of carbonyl (C=O) groups excluding carboxylic acids is 1. The lowest BCUT2D eigenvalue weighted by atomic mass is 10.1. The number of hydrogen-bond donors (Lipinski definition) is 1. The van der Waals surface area contributed by atoms with Gasteiger partial charge in [0.15, 0.2) is 6.29 Å². The molecule has 0 fully saturated rings. The maximum atomic E-state index is 9.77. The molecule has 0 heterocycles. The summed E-state index contributed by atoms with van der Waals surface area (Å²) < 4.78 is 0. The second-order valence-electron chi connectivity index (χ2n) is 1.73. The van der Waals surface area contributed by atoms with E-state index in [0.717, 1.165) is 0 Å². The van der Waals surface area contributed by atoms with Crippen LogP contribution in [0.15, 0.2) is 0 Å². The molecule has 0 saturated heterocycles. The van der Waals surface area contributed by atoms with Gasteiger partial charge in [0.1, 0.15) is 5.60 Å². The molecule has 0 saturated carbocycles. The minimum absolute atomic E-state index is 0.233. The normalized spacial score (nSPS) is 18.1. The van der Waals surface area contributed by atoms with Crippen molar-refractivity contribution in [1.29, 1.82) is 0 Å². The quantitative estimate of drug-likeness (QED) is 0.503. The Morgan fingerprint density at radius 3 is 2.43 bits per heavy atom. The molecule has 1 unspecified atom stereocenters. The maximum absolute atomic E-state index is 9.77. The van der Waals surface area contributed by atoms with Crippen LogP contribution in [0.4, 0.5) is 0 Å². The van der Waals surface area contributed by atoms with Gasteiger partial charge in [-0.25, -0.2) is 0 Å². The van der Waals surface area contributed by atoms with Crippen molar-refractivity contribution in [2.75, 3.05) is 0 Å². The van der Waals surface area contributed by atoms with Gasteiger partial charge in [-0.1, -0.05) is 6.92 Å². The standard InChI is InChI=1S/C5H9O2/c1-3-5(2,7)4-6/h4,7H,1,3H2,2H3. The molecule has 0 aliphatic heterocycles. The highest BCUT2D eigenvalue weighted by molar-refractivity contribution is 5.61. The number of carbonyl (C=O) groups is 1. The Bertz CT molecular complexity index is 66.5. The number of aldehydes is 1. The van der Waals surface area contributed by atoms with Gasteiger partial charge in [0.25, 0.3) is 0 Å². The van der Waals surface area contributed by atoms with E-state index < -0.39 is 5.60 Å². The highest BCUT2D eigenvalue weighted by atomic mass is 16.3. The summed E-state index contributed by atoms with van der Waals surface area (Å²) in [4.78, 5) is 9.77. The molecular formula is C5H9O2. The summed E-state index contributed by atoms with van der Waals surface area (Å²) in [6.45, 7) is 4.77. The molecular weight excluding hydrogens is 92.1 g/mol.